The lowest BCUT2D eigenvalue weighted by atomic mass is 10.0. The average Bonchev–Trinajstić information content (AvgIpc) is 3.10. The van der Waals surface area contributed by atoms with Crippen LogP contribution in [0.5, 0.6) is 11.5 Å². The number of methoxy groups -OCH3 is 1. The third kappa shape index (κ3) is 2.68. The molecule has 0 amide bonds. The summed E-state index contributed by atoms with van der Waals surface area (Å²) in [7, 11) is -2.23. The van der Waals surface area contributed by atoms with Crippen LogP contribution in [0.1, 0.15) is 17.0 Å². The van der Waals surface area contributed by atoms with Crippen molar-refractivity contribution in [3.05, 3.63) is 53.6 Å². The molecule has 2 aromatic carbocycles. The molecule has 0 saturated heterocycles. The molecule has 1 saturated carbocycles. The van der Waals surface area contributed by atoms with E-state index in [2.05, 4.69) is 6.07 Å². The van der Waals surface area contributed by atoms with Crippen LogP contribution in [0.2, 0.25) is 0 Å². The summed E-state index contributed by atoms with van der Waals surface area (Å²) in [6, 6.07) is 14.2. The van der Waals surface area contributed by atoms with Crippen molar-refractivity contribution >= 4 is 9.84 Å². The van der Waals surface area contributed by atoms with E-state index < -0.39 is 26.4 Å². The fourth-order valence-electron chi connectivity index (χ4n) is 3.89. The number of nitriles is 1. The van der Waals surface area contributed by atoms with Crippen LogP contribution in [0.25, 0.3) is 0 Å². The molecule has 0 unspecified atom stereocenters. The van der Waals surface area contributed by atoms with Crippen molar-refractivity contribution in [3.63, 3.8) is 0 Å². The highest BCUT2D eigenvalue weighted by Gasteiger charge is 2.72. The van der Waals surface area contributed by atoms with Crippen LogP contribution in [-0.2, 0) is 14.6 Å². The van der Waals surface area contributed by atoms with Crippen LogP contribution in [0, 0.1) is 23.7 Å². The summed E-state index contributed by atoms with van der Waals surface area (Å²) in [6.45, 7) is 2.07. The third-order valence-electron chi connectivity index (χ3n) is 5.29. The average molecular weight is 385 g/mol. The Morgan fingerprint density at radius 1 is 1.19 bits per heavy atom. The predicted octanol–water partition coefficient (Wildman–Crippen LogP) is 2.82. The molecule has 0 bridgehead atoms. The summed E-state index contributed by atoms with van der Waals surface area (Å²) >= 11 is 0. The van der Waals surface area contributed by atoms with Gasteiger partial charge >= 0.3 is 0 Å². The summed E-state index contributed by atoms with van der Waals surface area (Å²) in [5.41, 5.74) is 0.575. The Bertz CT molecular complexity index is 1030. The SMILES string of the molecule is COC[C@]1(C#N)[C@H](c2ccc3c(c2)OCO3)[C@H]1S(=O)(=O)c1ccc(C)cc1. The van der Waals surface area contributed by atoms with E-state index in [9.17, 15) is 13.7 Å². The first-order valence-corrected chi connectivity index (χ1v) is 10.1. The largest absolute Gasteiger partial charge is 0.454 e. The number of hydrogen-bond donors (Lipinski definition) is 0. The minimum atomic E-state index is -3.71. The van der Waals surface area contributed by atoms with Crippen LogP contribution < -0.4 is 9.47 Å². The van der Waals surface area contributed by atoms with E-state index in [1.807, 2.05) is 6.92 Å². The van der Waals surface area contributed by atoms with Gasteiger partial charge in [0.25, 0.3) is 0 Å². The van der Waals surface area contributed by atoms with Gasteiger partial charge in [-0.2, -0.15) is 5.26 Å². The molecule has 7 heteroatoms. The highest BCUT2D eigenvalue weighted by molar-refractivity contribution is 7.92. The Labute approximate surface area is 158 Å². The number of benzene rings is 2. The van der Waals surface area contributed by atoms with Crippen molar-refractivity contribution in [3.8, 4) is 17.6 Å². The van der Waals surface area contributed by atoms with Crippen molar-refractivity contribution in [2.24, 2.45) is 5.41 Å². The topological polar surface area (TPSA) is 85.6 Å². The van der Waals surface area contributed by atoms with E-state index in [4.69, 9.17) is 14.2 Å². The van der Waals surface area contributed by atoms with Gasteiger partial charge in [-0.25, -0.2) is 8.42 Å². The summed E-state index contributed by atoms with van der Waals surface area (Å²) in [5, 5.41) is 9.01. The number of hydrogen-bond acceptors (Lipinski definition) is 6. The van der Waals surface area contributed by atoms with Gasteiger partial charge in [0.1, 0.15) is 5.41 Å². The summed E-state index contributed by atoms with van der Waals surface area (Å²) in [5.74, 6) is 0.685. The molecule has 0 N–H and O–H groups in total. The van der Waals surface area contributed by atoms with Gasteiger partial charge in [-0.15, -0.1) is 0 Å². The van der Waals surface area contributed by atoms with Gasteiger partial charge in [0, 0.05) is 13.0 Å². The van der Waals surface area contributed by atoms with Crippen molar-refractivity contribution in [1.82, 2.24) is 0 Å². The van der Waals surface area contributed by atoms with Gasteiger partial charge in [0.05, 0.1) is 22.8 Å². The van der Waals surface area contributed by atoms with Gasteiger partial charge in [-0.3, -0.25) is 0 Å². The lowest BCUT2D eigenvalue weighted by Crippen LogP contribution is -2.19. The fourth-order valence-corrected chi connectivity index (χ4v) is 6.20. The van der Waals surface area contributed by atoms with E-state index in [1.54, 1.807) is 42.5 Å². The van der Waals surface area contributed by atoms with Crippen LogP contribution in [-0.4, -0.2) is 34.2 Å². The molecule has 0 aromatic heterocycles. The molecule has 27 heavy (non-hydrogen) atoms. The first-order chi connectivity index (χ1) is 12.9. The van der Waals surface area contributed by atoms with E-state index in [1.165, 1.54) is 7.11 Å². The Kier molecular flexibility index (Phi) is 4.13. The minimum absolute atomic E-state index is 0.0400. The summed E-state index contributed by atoms with van der Waals surface area (Å²) in [4.78, 5) is 0.220. The van der Waals surface area contributed by atoms with Gasteiger partial charge in [0.2, 0.25) is 6.79 Å². The maximum Gasteiger partial charge on any atom is 0.231 e. The number of rotatable bonds is 5. The van der Waals surface area contributed by atoms with Crippen molar-refractivity contribution in [1.29, 1.82) is 5.26 Å². The normalized spacial score (nSPS) is 25.8. The quantitative estimate of drug-likeness (QED) is 0.787. The number of ether oxygens (including phenoxy) is 3. The molecule has 1 heterocycles. The second-order valence-corrected chi connectivity index (χ2v) is 9.02. The molecule has 0 radical (unpaired) electrons. The molecule has 6 nitrogen and oxygen atoms in total. The smallest absolute Gasteiger partial charge is 0.231 e. The van der Waals surface area contributed by atoms with Gasteiger partial charge in [-0.05, 0) is 36.8 Å². The van der Waals surface area contributed by atoms with Crippen molar-refractivity contribution in [2.45, 2.75) is 23.0 Å². The highest BCUT2D eigenvalue weighted by Crippen LogP contribution is 2.64. The Balaban J connectivity index is 1.78. The molecule has 1 aliphatic heterocycles. The Morgan fingerprint density at radius 2 is 1.89 bits per heavy atom. The maximum absolute atomic E-state index is 13.3. The fraction of sp³-hybridized carbons (Fsp3) is 0.350. The predicted molar refractivity (Wildman–Crippen MR) is 97.4 cm³/mol. The summed E-state index contributed by atoms with van der Waals surface area (Å²) < 4.78 is 42.6. The van der Waals surface area contributed by atoms with Crippen molar-refractivity contribution in [2.75, 3.05) is 20.5 Å². The Morgan fingerprint density at radius 3 is 2.56 bits per heavy atom. The zero-order chi connectivity index (χ0) is 19.2. The minimum Gasteiger partial charge on any atom is -0.454 e. The number of aryl methyl sites for hydroxylation is 1. The van der Waals surface area contributed by atoms with Crippen LogP contribution in [0.15, 0.2) is 47.4 Å². The molecule has 4 rings (SSSR count). The molecule has 140 valence electrons. The van der Waals surface area contributed by atoms with E-state index >= 15 is 0 Å². The standard InChI is InChI=1S/C20H19NO5S/c1-13-3-6-15(7-4-13)27(22,23)19-18(20(19,10-21)11-24-2)14-5-8-16-17(9-14)26-12-25-16/h3-9,18-19H,11-12H2,1-2H3/t18-,19-,20-/m1/s1. The molecule has 2 aliphatic rings. The second-order valence-electron chi connectivity index (χ2n) is 6.95. The van der Waals surface area contributed by atoms with Gasteiger partial charge in [0.15, 0.2) is 21.3 Å². The first-order valence-electron chi connectivity index (χ1n) is 8.54. The lowest BCUT2D eigenvalue weighted by molar-refractivity contribution is 0.162. The maximum atomic E-state index is 13.3. The number of nitrogens with zero attached hydrogens (tertiary/aromatic N) is 1. The Hall–Kier alpha value is -2.56. The molecule has 1 fully saturated rings. The number of fused-ring (bicyclic) bond motifs is 1. The second kappa shape index (κ2) is 6.25. The molecule has 0 spiro atoms. The van der Waals surface area contributed by atoms with E-state index in [0.717, 1.165) is 11.1 Å². The van der Waals surface area contributed by atoms with Crippen LogP contribution in [0.3, 0.4) is 0 Å². The zero-order valence-corrected chi connectivity index (χ0v) is 15.8. The zero-order valence-electron chi connectivity index (χ0n) is 15.0. The van der Waals surface area contributed by atoms with Crippen LogP contribution >= 0.6 is 0 Å². The number of sulfone groups is 1. The van der Waals surface area contributed by atoms with Crippen molar-refractivity contribution < 1.29 is 22.6 Å². The highest BCUT2D eigenvalue weighted by atomic mass is 32.2. The van der Waals surface area contributed by atoms with E-state index in [-0.39, 0.29) is 18.3 Å². The monoisotopic (exact) mass is 385 g/mol. The molecule has 1 aliphatic carbocycles. The van der Waals surface area contributed by atoms with Gasteiger partial charge in [-0.1, -0.05) is 23.8 Å². The first kappa shape index (κ1) is 17.8. The van der Waals surface area contributed by atoms with E-state index in [0.29, 0.717) is 11.5 Å². The molecule has 3 atom stereocenters. The third-order valence-corrected chi connectivity index (χ3v) is 7.58. The molecular weight excluding hydrogens is 366 g/mol. The summed E-state index contributed by atoms with van der Waals surface area (Å²) in [6.07, 6.45) is 0. The van der Waals surface area contributed by atoms with Gasteiger partial charge < -0.3 is 14.2 Å². The molecule has 2 aromatic rings. The van der Waals surface area contributed by atoms with Crippen LogP contribution in [0.4, 0.5) is 0 Å². The molecular formula is C20H19NO5S. The lowest BCUT2D eigenvalue weighted by Gasteiger charge is -2.08.